The molecule has 0 aliphatic rings. The van der Waals surface area contributed by atoms with Gasteiger partial charge in [0.25, 0.3) is 0 Å². The summed E-state index contributed by atoms with van der Waals surface area (Å²) in [6.07, 6.45) is 0. The Morgan fingerprint density at radius 3 is 1.39 bits per heavy atom. The van der Waals surface area contributed by atoms with E-state index in [2.05, 4.69) is 67.2 Å². The van der Waals surface area contributed by atoms with Crippen molar-refractivity contribution in [3.8, 4) is 0 Å². The second kappa shape index (κ2) is 5.22. The standard InChI is InChI=1S/C16H33NO/c1-12(18)17(11-14(2,3)4)13(15(5,6)7)16(8,9)10/h13H,11H2,1-10H3. The van der Waals surface area contributed by atoms with Gasteiger partial charge < -0.3 is 4.90 Å². The minimum absolute atomic E-state index is 0.0785. The van der Waals surface area contributed by atoms with Crippen LogP contribution in [0, 0.1) is 16.2 Å². The van der Waals surface area contributed by atoms with Gasteiger partial charge in [-0.2, -0.15) is 0 Å². The van der Waals surface area contributed by atoms with Crippen molar-refractivity contribution >= 4 is 5.91 Å². The van der Waals surface area contributed by atoms with Crippen LogP contribution in [0.15, 0.2) is 0 Å². The summed E-state index contributed by atoms with van der Waals surface area (Å²) in [6.45, 7) is 22.4. The minimum atomic E-state index is 0.0785. The summed E-state index contributed by atoms with van der Waals surface area (Å²) < 4.78 is 0. The topological polar surface area (TPSA) is 20.3 Å². The number of carbonyl (C=O) groups excluding carboxylic acids is 1. The molecule has 0 fully saturated rings. The molecule has 18 heavy (non-hydrogen) atoms. The number of amides is 1. The molecule has 0 aromatic heterocycles. The van der Waals surface area contributed by atoms with E-state index in [1.807, 2.05) is 0 Å². The molecular formula is C16H33NO. The van der Waals surface area contributed by atoms with Gasteiger partial charge in [0, 0.05) is 19.5 Å². The van der Waals surface area contributed by atoms with Crippen molar-refractivity contribution in [3.05, 3.63) is 0 Å². The molecule has 0 aromatic rings. The van der Waals surface area contributed by atoms with Gasteiger partial charge in [0.1, 0.15) is 0 Å². The number of nitrogens with zero attached hydrogens (tertiary/aromatic N) is 1. The summed E-state index contributed by atoms with van der Waals surface area (Å²) in [7, 11) is 0. The Labute approximate surface area is 114 Å². The quantitative estimate of drug-likeness (QED) is 0.718. The van der Waals surface area contributed by atoms with Crippen LogP contribution in [0.3, 0.4) is 0 Å². The fourth-order valence-corrected chi connectivity index (χ4v) is 3.13. The number of carbonyl (C=O) groups is 1. The summed E-state index contributed by atoms with van der Waals surface area (Å²) in [4.78, 5) is 14.2. The SMILES string of the molecule is CC(=O)N(CC(C)(C)C)C(C(C)(C)C)C(C)(C)C. The molecule has 0 unspecified atom stereocenters. The highest BCUT2D eigenvalue weighted by atomic mass is 16.2. The van der Waals surface area contributed by atoms with Gasteiger partial charge in [-0.1, -0.05) is 62.3 Å². The van der Waals surface area contributed by atoms with Crippen LogP contribution in [-0.4, -0.2) is 23.4 Å². The predicted molar refractivity (Wildman–Crippen MR) is 79.5 cm³/mol. The van der Waals surface area contributed by atoms with Crippen molar-refractivity contribution in [2.24, 2.45) is 16.2 Å². The molecule has 0 rings (SSSR count). The van der Waals surface area contributed by atoms with Crippen LogP contribution in [0.1, 0.15) is 69.2 Å². The van der Waals surface area contributed by atoms with Gasteiger partial charge in [-0.05, 0) is 16.2 Å². The number of hydrogen-bond donors (Lipinski definition) is 0. The lowest BCUT2D eigenvalue weighted by atomic mass is 9.70. The molecular weight excluding hydrogens is 222 g/mol. The van der Waals surface area contributed by atoms with Crippen molar-refractivity contribution in [1.29, 1.82) is 0 Å². The van der Waals surface area contributed by atoms with Crippen LogP contribution in [-0.2, 0) is 4.79 Å². The van der Waals surface area contributed by atoms with Crippen molar-refractivity contribution in [3.63, 3.8) is 0 Å². The maximum atomic E-state index is 12.1. The molecule has 2 nitrogen and oxygen atoms in total. The lowest BCUT2D eigenvalue weighted by molar-refractivity contribution is -0.139. The van der Waals surface area contributed by atoms with Gasteiger partial charge in [0.2, 0.25) is 5.91 Å². The van der Waals surface area contributed by atoms with Crippen molar-refractivity contribution in [2.75, 3.05) is 6.54 Å². The van der Waals surface area contributed by atoms with E-state index in [1.165, 1.54) is 0 Å². The van der Waals surface area contributed by atoms with E-state index < -0.39 is 0 Å². The summed E-state index contributed by atoms with van der Waals surface area (Å²) in [6, 6.07) is 0.238. The van der Waals surface area contributed by atoms with Gasteiger partial charge in [-0.25, -0.2) is 0 Å². The van der Waals surface area contributed by atoms with Crippen LogP contribution in [0.5, 0.6) is 0 Å². The maximum Gasteiger partial charge on any atom is 0.219 e. The molecule has 0 heterocycles. The van der Waals surface area contributed by atoms with E-state index in [-0.39, 0.29) is 28.2 Å². The van der Waals surface area contributed by atoms with Crippen molar-refractivity contribution < 1.29 is 4.79 Å². The predicted octanol–water partition coefficient (Wildman–Crippen LogP) is 4.34. The molecule has 0 atom stereocenters. The Balaban J connectivity index is 5.47. The fourth-order valence-electron chi connectivity index (χ4n) is 3.13. The third-order valence-corrected chi connectivity index (χ3v) is 3.00. The average Bonchev–Trinajstić information content (AvgIpc) is 1.93. The van der Waals surface area contributed by atoms with E-state index in [0.29, 0.717) is 0 Å². The smallest absolute Gasteiger partial charge is 0.219 e. The third-order valence-electron chi connectivity index (χ3n) is 3.00. The first-order valence-corrected chi connectivity index (χ1v) is 6.93. The van der Waals surface area contributed by atoms with Gasteiger partial charge in [0.05, 0.1) is 0 Å². The van der Waals surface area contributed by atoms with Crippen LogP contribution in [0.25, 0.3) is 0 Å². The van der Waals surface area contributed by atoms with Gasteiger partial charge in [0.15, 0.2) is 0 Å². The second-order valence-electron chi connectivity index (χ2n) is 8.84. The number of hydrogen-bond acceptors (Lipinski definition) is 1. The van der Waals surface area contributed by atoms with E-state index in [0.717, 1.165) is 6.54 Å². The Hall–Kier alpha value is -0.530. The van der Waals surface area contributed by atoms with Crippen LogP contribution in [0.4, 0.5) is 0 Å². The Morgan fingerprint density at radius 1 is 0.889 bits per heavy atom. The van der Waals surface area contributed by atoms with Crippen LogP contribution >= 0.6 is 0 Å². The molecule has 0 spiro atoms. The molecule has 0 saturated heterocycles. The fraction of sp³-hybridized carbons (Fsp3) is 0.938. The minimum Gasteiger partial charge on any atom is -0.338 e. The Kier molecular flexibility index (Phi) is 5.07. The second-order valence-corrected chi connectivity index (χ2v) is 8.84. The first kappa shape index (κ1) is 17.5. The zero-order valence-corrected chi connectivity index (χ0v) is 14.1. The van der Waals surface area contributed by atoms with Gasteiger partial charge in [-0.15, -0.1) is 0 Å². The molecule has 0 aliphatic carbocycles. The summed E-state index contributed by atoms with van der Waals surface area (Å²) in [5.41, 5.74) is 0.283. The lowest BCUT2D eigenvalue weighted by Gasteiger charge is -2.49. The Bertz CT molecular complexity index is 272. The first-order chi connectivity index (χ1) is 7.66. The normalized spacial score (nSPS) is 13.9. The third kappa shape index (κ3) is 5.41. The van der Waals surface area contributed by atoms with Gasteiger partial charge >= 0.3 is 0 Å². The zero-order valence-electron chi connectivity index (χ0n) is 14.1. The Morgan fingerprint density at radius 2 is 1.22 bits per heavy atom. The monoisotopic (exact) mass is 255 g/mol. The highest BCUT2D eigenvalue weighted by Gasteiger charge is 2.41. The summed E-state index contributed by atoms with van der Waals surface area (Å²) in [5.74, 6) is 0.180. The molecule has 0 bridgehead atoms. The highest BCUT2D eigenvalue weighted by Crippen LogP contribution is 2.38. The molecule has 0 aliphatic heterocycles. The van der Waals surface area contributed by atoms with Crippen molar-refractivity contribution in [2.45, 2.75) is 75.3 Å². The molecule has 1 amide bonds. The molecule has 0 saturated carbocycles. The van der Waals surface area contributed by atoms with E-state index in [1.54, 1.807) is 6.92 Å². The molecule has 108 valence electrons. The molecule has 0 radical (unpaired) electrons. The average molecular weight is 255 g/mol. The highest BCUT2D eigenvalue weighted by molar-refractivity contribution is 5.73. The zero-order chi connectivity index (χ0) is 14.9. The van der Waals surface area contributed by atoms with E-state index in [4.69, 9.17) is 0 Å². The summed E-state index contributed by atoms with van der Waals surface area (Å²) in [5, 5.41) is 0. The maximum absolute atomic E-state index is 12.1. The summed E-state index contributed by atoms with van der Waals surface area (Å²) >= 11 is 0. The molecule has 0 N–H and O–H groups in total. The van der Waals surface area contributed by atoms with Crippen LogP contribution in [0.2, 0.25) is 0 Å². The van der Waals surface area contributed by atoms with E-state index >= 15 is 0 Å². The van der Waals surface area contributed by atoms with Crippen LogP contribution < -0.4 is 0 Å². The largest absolute Gasteiger partial charge is 0.338 e. The van der Waals surface area contributed by atoms with Crippen molar-refractivity contribution in [1.82, 2.24) is 4.90 Å². The van der Waals surface area contributed by atoms with E-state index in [9.17, 15) is 4.79 Å². The number of rotatable bonds is 2. The molecule has 0 aromatic carbocycles. The first-order valence-electron chi connectivity index (χ1n) is 6.93. The lowest BCUT2D eigenvalue weighted by Crippen LogP contribution is -2.55. The molecule has 2 heteroatoms. The van der Waals surface area contributed by atoms with Gasteiger partial charge in [-0.3, -0.25) is 4.79 Å².